The smallest absolute Gasteiger partial charge is 0.258 e. The average Bonchev–Trinajstić information content (AvgIpc) is 3.03. The number of nitrogens with zero attached hydrogens (tertiary/aromatic N) is 4. The lowest BCUT2D eigenvalue weighted by molar-refractivity contribution is 0.0945. The van der Waals surface area contributed by atoms with Crippen LogP contribution >= 0.6 is 11.5 Å². The van der Waals surface area contributed by atoms with E-state index in [0.29, 0.717) is 17.1 Å². The zero-order chi connectivity index (χ0) is 15.2. The highest BCUT2D eigenvalue weighted by atomic mass is 32.1. The van der Waals surface area contributed by atoms with Crippen molar-refractivity contribution in [3.8, 4) is 0 Å². The minimum Gasteiger partial charge on any atom is -0.382 e. The number of hydrogen-bond acceptors (Lipinski definition) is 7. The van der Waals surface area contributed by atoms with Gasteiger partial charge in [-0.25, -0.2) is 0 Å². The summed E-state index contributed by atoms with van der Waals surface area (Å²) >= 11 is 1.20. The molecule has 2 aromatic heterocycles. The van der Waals surface area contributed by atoms with Crippen LogP contribution in [0.1, 0.15) is 30.6 Å². The van der Waals surface area contributed by atoms with Crippen LogP contribution in [0.3, 0.4) is 0 Å². The van der Waals surface area contributed by atoms with E-state index >= 15 is 0 Å². The fourth-order valence-corrected chi connectivity index (χ4v) is 2.51. The predicted molar refractivity (Wildman–Crippen MR) is 82.3 cm³/mol. The molecule has 1 amide bonds. The largest absolute Gasteiger partial charge is 0.382 e. The van der Waals surface area contributed by atoms with Crippen molar-refractivity contribution in [2.24, 2.45) is 0 Å². The molecule has 2 rings (SSSR count). The molecule has 21 heavy (non-hydrogen) atoms. The van der Waals surface area contributed by atoms with Gasteiger partial charge in [0, 0.05) is 25.3 Å². The molecule has 0 saturated carbocycles. The average molecular weight is 309 g/mol. The molecule has 2 aromatic rings. The summed E-state index contributed by atoms with van der Waals surface area (Å²) in [5.41, 5.74) is 6.20. The van der Waals surface area contributed by atoms with Gasteiger partial charge in [0.25, 0.3) is 5.91 Å². The number of amides is 1. The maximum atomic E-state index is 12.1. The molecule has 2 heterocycles. The molecule has 0 aliphatic carbocycles. The van der Waals surface area contributed by atoms with Gasteiger partial charge in [0.05, 0.1) is 6.20 Å². The monoisotopic (exact) mass is 309 g/mol. The van der Waals surface area contributed by atoms with Crippen LogP contribution in [0.25, 0.3) is 0 Å². The zero-order valence-corrected chi connectivity index (χ0v) is 12.9. The molecule has 4 N–H and O–H groups in total. The van der Waals surface area contributed by atoms with Gasteiger partial charge in [0.1, 0.15) is 10.6 Å². The van der Waals surface area contributed by atoms with Crippen molar-refractivity contribution in [2.75, 3.05) is 17.6 Å². The van der Waals surface area contributed by atoms with Crippen LogP contribution in [0.5, 0.6) is 0 Å². The third-order valence-electron chi connectivity index (χ3n) is 2.69. The molecule has 0 aliphatic heterocycles. The van der Waals surface area contributed by atoms with Crippen LogP contribution < -0.4 is 16.4 Å². The number of anilines is 2. The molecule has 0 spiro atoms. The van der Waals surface area contributed by atoms with Gasteiger partial charge in [-0.2, -0.15) is 4.37 Å². The first kappa shape index (κ1) is 15.2. The van der Waals surface area contributed by atoms with Gasteiger partial charge in [-0.3, -0.25) is 9.48 Å². The fraction of sp³-hybridized carbons (Fsp3) is 0.500. The highest BCUT2D eigenvalue weighted by molar-refractivity contribution is 7.11. The van der Waals surface area contributed by atoms with E-state index in [0.717, 1.165) is 13.0 Å². The lowest BCUT2D eigenvalue weighted by Crippen LogP contribution is -2.30. The Hall–Kier alpha value is -2.16. The SMILES string of the molecule is CC(C)NC(=O)c1c(N)nsc1NCCCn1ccnn1. The molecule has 9 heteroatoms. The quantitative estimate of drug-likeness (QED) is 0.657. The summed E-state index contributed by atoms with van der Waals surface area (Å²) in [6.45, 7) is 5.26. The van der Waals surface area contributed by atoms with Crippen LogP contribution in [0.15, 0.2) is 12.4 Å². The predicted octanol–water partition coefficient (Wildman–Crippen LogP) is 0.957. The van der Waals surface area contributed by atoms with E-state index in [2.05, 4.69) is 25.3 Å². The lowest BCUT2D eigenvalue weighted by atomic mass is 10.2. The second-order valence-electron chi connectivity index (χ2n) is 4.85. The molecule has 0 unspecified atom stereocenters. The normalized spacial score (nSPS) is 10.8. The Balaban J connectivity index is 1.89. The first-order valence-corrected chi connectivity index (χ1v) is 7.49. The molecule has 0 saturated heterocycles. The number of carbonyl (C=O) groups is 1. The fourth-order valence-electron chi connectivity index (χ4n) is 1.77. The van der Waals surface area contributed by atoms with Crippen LogP contribution in [0, 0.1) is 0 Å². The second kappa shape index (κ2) is 7.02. The van der Waals surface area contributed by atoms with E-state index in [4.69, 9.17) is 5.73 Å². The maximum Gasteiger partial charge on any atom is 0.258 e. The molecule has 0 aliphatic rings. The second-order valence-corrected chi connectivity index (χ2v) is 5.62. The summed E-state index contributed by atoms with van der Waals surface area (Å²) in [5, 5.41) is 14.4. The highest BCUT2D eigenvalue weighted by Gasteiger charge is 2.19. The Kier molecular flexibility index (Phi) is 5.09. The Labute approximate surface area is 126 Å². The number of aryl methyl sites for hydroxylation is 1. The van der Waals surface area contributed by atoms with E-state index < -0.39 is 0 Å². The summed E-state index contributed by atoms with van der Waals surface area (Å²) in [6.07, 6.45) is 4.31. The van der Waals surface area contributed by atoms with Gasteiger partial charge in [0.15, 0.2) is 5.82 Å². The minimum absolute atomic E-state index is 0.0527. The molecule has 0 fully saturated rings. The third kappa shape index (κ3) is 4.15. The van der Waals surface area contributed by atoms with Gasteiger partial charge >= 0.3 is 0 Å². The van der Waals surface area contributed by atoms with Gasteiger partial charge < -0.3 is 16.4 Å². The van der Waals surface area contributed by atoms with Crippen LogP contribution in [0.2, 0.25) is 0 Å². The molecule has 0 radical (unpaired) electrons. The standard InChI is InChI=1S/C12H19N7OS/c1-8(2)16-11(20)9-10(13)17-21-12(9)14-4-3-6-19-7-5-15-18-19/h5,7-8,14H,3-4,6H2,1-2H3,(H2,13,17)(H,16,20). The number of nitrogen functional groups attached to an aromatic ring is 1. The highest BCUT2D eigenvalue weighted by Crippen LogP contribution is 2.26. The van der Waals surface area contributed by atoms with E-state index in [-0.39, 0.29) is 17.8 Å². The number of hydrogen-bond donors (Lipinski definition) is 3. The van der Waals surface area contributed by atoms with Crippen LogP contribution in [-0.4, -0.2) is 37.9 Å². The van der Waals surface area contributed by atoms with Crippen molar-refractivity contribution < 1.29 is 4.79 Å². The summed E-state index contributed by atoms with van der Waals surface area (Å²) in [7, 11) is 0. The molecule has 8 nitrogen and oxygen atoms in total. The summed E-state index contributed by atoms with van der Waals surface area (Å²) < 4.78 is 5.80. The number of nitrogens with two attached hydrogens (primary N) is 1. The topological polar surface area (TPSA) is 111 Å². The number of carbonyl (C=O) groups excluding carboxylic acids is 1. The Morgan fingerprint density at radius 3 is 3.00 bits per heavy atom. The summed E-state index contributed by atoms with van der Waals surface area (Å²) in [5.74, 6) is 0.0620. The van der Waals surface area contributed by atoms with E-state index in [1.807, 2.05) is 20.0 Å². The maximum absolute atomic E-state index is 12.1. The van der Waals surface area contributed by atoms with Crippen molar-refractivity contribution in [3.63, 3.8) is 0 Å². The van der Waals surface area contributed by atoms with Crippen LogP contribution in [-0.2, 0) is 6.54 Å². The van der Waals surface area contributed by atoms with Crippen molar-refractivity contribution in [1.82, 2.24) is 24.7 Å². The van der Waals surface area contributed by atoms with Crippen molar-refractivity contribution >= 4 is 28.3 Å². The van der Waals surface area contributed by atoms with Crippen molar-refractivity contribution in [3.05, 3.63) is 18.0 Å². The first-order chi connectivity index (χ1) is 10.1. The molecule has 0 atom stereocenters. The van der Waals surface area contributed by atoms with Gasteiger partial charge in [-0.05, 0) is 31.8 Å². The number of aromatic nitrogens is 4. The molecule has 114 valence electrons. The lowest BCUT2D eigenvalue weighted by Gasteiger charge is -2.10. The number of rotatable bonds is 7. The van der Waals surface area contributed by atoms with E-state index in [1.54, 1.807) is 10.9 Å². The Bertz CT molecular complexity index is 578. The zero-order valence-electron chi connectivity index (χ0n) is 12.0. The van der Waals surface area contributed by atoms with Gasteiger partial charge in [-0.15, -0.1) is 5.10 Å². The summed E-state index contributed by atoms with van der Waals surface area (Å²) in [4.78, 5) is 12.1. The van der Waals surface area contributed by atoms with Crippen LogP contribution in [0.4, 0.5) is 10.8 Å². The molecule has 0 bridgehead atoms. The third-order valence-corrected chi connectivity index (χ3v) is 3.51. The van der Waals surface area contributed by atoms with Gasteiger partial charge in [0.2, 0.25) is 0 Å². The minimum atomic E-state index is -0.199. The van der Waals surface area contributed by atoms with E-state index in [1.165, 1.54) is 11.5 Å². The Morgan fingerprint density at radius 2 is 2.33 bits per heavy atom. The first-order valence-electron chi connectivity index (χ1n) is 6.72. The summed E-state index contributed by atoms with van der Waals surface area (Å²) in [6, 6.07) is 0.0527. The molecular formula is C12H19N7OS. The molecular weight excluding hydrogens is 290 g/mol. The number of nitrogens with one attached hydrogen (secondary N) is 2. The van der Waals surface area contributed by atoms with Gasteiger partial charge in [-0.1, -0.05) is 5.21 Å². The van der Waals surface area contributed by atoms with Crippen molar-refractivity contribution in [2.45, 2.75) is 32.9 Å². The molecule has 0 aromatic carbocycles. The van der Waals surface area contributed by atoms with E-state index in [9.17, 15) is 4.79 Å². The Morgan fingerprint density at radius 1 is 1.52 bits per heavy atom. The van der Waals surface area contributed by atoms with Crippen molar-refractivity contribution in [1.29, 1.82) is 0 Å².